The molecule has 0 aromatic carbocycles. The number of nitrogens with zero attached hydrogens (tertiary/aromatic N) is 1. The summed E-state index contributed by atoms with van der Waals surface area (Å²) in [6.45, 7) is 2.65. The van der Waals surface area contributed by atoms with Crippen LogP contribution in [0.25, 0.3) is 0 Å². The zero-order valence-corrected chi connectivity index (χ0v) is 16.8. The van der Waals surface area contributed by atoms with Crippen LogP contribution in [0.3, 0.4) is 0 Å². The van der Waals surface area contributed by atoms with Gasteiger partial charge in [0.15, 0.2) is 0 Å². The molecule has 0 radical (unpaired) electrons. The molecule has 0 aromatic heterocycles. The number of hydrogen-bond acceptors (Lipinski definition) is 1. The number of quaternary nitrogens is 1. The molecule has 0 heterocycles. The summed E-state index contributed by atoms with van der Waals surface area (Å²) in [6, 6.07) is 0.836. The maximum atomic E-state index is 8.79. The van der Waals surface area contributed by atoms with Crippen molar-refractivity contribution in [3.05, 3.63) is 0 Å². The first-order chi connectivity index (χ1) is 11.0. The number of aliphatic hydroxyl groups excluding tert-OH is 1. The molecule has 1 unspecified atom stereocenters. The van der Waals surface area contributed by atoms with Crippen LogP contribution < -0.4 is 0 Å². The Morgan fingerprint density at radius 2 is 1.00 bits per heavy atom. The summed E-state index contributed by atoms with van der Waals surface area (Å²) in [6.07, 6.45) is 20.3. The maximum absolute atomic E-state index is 8.79. The lowest BCUT2D eigenvalue weighted by atomic mass is 9.98. The molecular formula is C21H46NO+. The summed E-state index contributed by atoms with van der Waals surface area (Å²) in [4.78, 5) is 0. The predicted molar refractivity (Wildman–Crippen MR) is 104 cm³/mol. The zero-order valence-electron chi connectivity index (χ0n) is 16.8. The Morgan fingerprint density at radius 1 is 0.609 bits per heavy atom. The molecule has 1 N–H and O–H groups in total. The van der Waals surface area contributed by atoms with Crippen LogP contribution in [-0.2, 0) is 0 Å². The van der Waals surface area contributed by atoms with Gasteiger partial charge in [-0.15, -0.1) is 0 Å². The topological polar surface area (TPSA) is 20.2 Å². The third-order valence-electron chi connectivity index (χ3n) is 5.18. The zero-order chi connectivity index (χ0) is 17.4. The molecule has 0 amide bonds. The first kappa shape index (κ1) is 22.9. The quantitative estimate of drug-likeness (QED) is 0.259. The van der Waals surface area contributed by atoms with E-state index in [9.17, 15) is 0 Å². The molecule has 0 aliphatic carbocycles. The van der Waals surface area contributed by atoms with Gasteiger partial charge in [-0.25, -0.2) is 0 Å². The summed E-state index contributed by atoms with van der Waals surface area (Å²) in [5.74, 6) is 0. The van der Waals surface area contributed by atoms with Crippen LogP contribution >= 0.6 is 0 Å². The van der Waals surface area contributed by atoms with E-state index >= 15 is 0 Å². The van der Waals surface area contributed by atoms with Gasteiger partial charge in [-0.1, -0.05) is 71.1 Å². The Labute approximate surface area is 147 Å². The van der Waals surface area contributed by atoms with Crippen molar-refractivity contribution in [2.45, 2.75) is 109 Å². The second-order valence-corrected chi connectivity index (χ2v) is 8.31. The average Bonchev–Trinajstić information content (AvgIpc) is 2.50. The van der Waals surface area contributed by atoms with E-state index in [4.69, 9.17) is 5.11 Å². The highest BCUT2D eigenvalue weighted by Gasteiger charge is 2.22. The molecule has 23 heavy (non-hydrogen) atoms. The Morgan fingerprint density at radius 3 is 1.39 bits per heavy atom. The SMILES string of the molecule is CCCCCCCCCC(CCCCCCCCO)[N+](C)(C)C. The third-order valence-corrected chi connectivity index (χ3v) is 5.18. The van der Waals surface area contributed by atoms with Crippen LogP contribution in [0.4, 0.5) is 0 Å². The highest BCUT2D eigenvalue weighted by Crippen LogP contribution is 2.20. The molecule has 140 valence electrons. The average molecular weight is 329 g/mol. The summed E-state index contributed by atoms with van der Waals surface area (Å²) in [5.41, 5.74) is 0. The van der Waals surface area contributed by atoms with Crippen LogP contribution in [0, 0.1) is 0 Å². The second kappa shape index (κ2) is 15.4. The van der Waals surface area contributed by atoms with Gasteiger partial charge in [-0.05, 0) is 32.1 Å². The largest absolute Gasteiger partial charge is 0.396 e. The van der Waals surface area contributed by atoms with Crippen molar-refractivity contribution in [1.82, 2.24) is 0 Å². The highest BCUT2D eigenvalue weighted by atomic mass is 16.2. The lowest BCUT2D eigenvalue weighted by molar-refractivity contribution is -0.896. The molecule has 0 saturated heterocycles. The summed E-state index contributed by atoms with van der Waals surface area (Å²) < 4.78 is 1.13. The molecule has 2 nitrogen and oxygen atoms in total. The van der Waals surface area contributed by atoms with Crippen LogP contribution in [-0.4, -0.2) is 43.4 Å². The van der Waals surface area contributed by atoms with E-state index in [0.717, 1.165) is 16.9 Å². The van der Waals surface area contributed by atoms with E-state index in [1.165, 1.54) is 89.9 Å². The Bertz CT molecular complexity index is 216. The molecule has 0 rings (SSSR count). The lowest BCUT2D eigenvalue weighted by Gasteiger charge is -2.34. The van der Waals surface area contributed by atoms with E-state index in [-0.39, 0.29) is 0 Å². The van der Waals surface area contributed by atoms with Crippen molar-refractivity contribution in [2.75, 3.05) is 27.7 Å². The maximum Gasteiger partial charge on any atom is 0.0884 e. The minimum Gasteiger partial charge on any atom is -0.396 e. The van der Waals surface area contributed by atoms with Gasteiger partial charge in [0, 0.05) is 6.61 Å². The van der Waals surface area contributed by atoms with Gasteiger partial charge < -0.3 is 9.59 Å². The van der Waals surface area contributed by atoms with Crippen LogP contribution in [0.15, 0.2) is 0 Å². The van der Waals surface area contributed by atoms with Crippen molar-refractivity contribution in [3.8, 4) is 0 Å². The molecule has 0 aliphatic rings. The second-order valence-electron chi connectivity index (χ2n) is 8.31. The van der Waals surface area contributed by atoms with Gasteiger partial charge in [0.05, 0.1) is 27.2 Å². The van der Waals surface area contributed by atoms with Gasteiger partial charge in [-0.3, -0.25) is 0 Å². The first-order valence-electron chi connectivity index (χ1n) is 10.4. The van der Waals surface area contributed by atoms with Crippen LogP contribution in [0.5, 0.6) is 0 Å². The molecule has 2 heteroatoms. The van der Waals surface area contributed by atoms with E-state index in [1.54, 1.807) is 0 Å². The number of unbranched alkanes of at least 4 members (excludes halogenated alkanes) is 11. The predicted octanol–water partition coefficient (Wildman–Crippen LogP) is 5.92. The standard InChI is InChI=1S/C21H46NO/c1-5-6-7-8-9-12-15-18-21(22(2,3)4)19-16-13-10-11-14-17-20-23/h21,23H,5-20H2,1-4H3/q+1. The fourth-order valence-corrected chi connectivity index (χ4v) is 3.45. The van der Waals surface area contributed by atoms with Gasteiger partial charge in [0.2, 0.25) is 0 Å². The number of hydrogen-bond donors (Lipinski definition) is 1. The molecular weight excluding hydrogens is 282 g/mol. The van der Waals surface area contributed by atoms with Crippen molar-refractivity contribution < 1.29 is 9.59 Å². The molecule has 0 aromatic rings. The fourth-order valence-electron chi connectivity index (χ4n) is 3.45. The molecule has 0 fully saturated rings. The first-order valence-corrected chi connectivity index (χ1v) is 10.4. The van der Waals surface area contributed by atoms with E-state index < -0.39 is 0 Å². The van der Waals surface area contributed by atoms with Crippen LogP contribution in [0.2, 0.25) is 0 Å². The van der Waals surface area contributed by atoms with E-state index in [0.29, 0.717) is 6.61 Å². The van der Waals surface area contributed by atoms with Crippen molar-refractivity contribution in [3.63, 3.8) is 0 Å². The molecule has 0 bridgehead atoms. The smallest absolute Gasteiger partial charge is 0.0884 e. The lowest BCUT2D eigenvalue weighted by Crippen LogP contribution is -2.45. The number of aliphatic hydroxyl groups is 1. The molecule has 0 saturated carbocycles. The normalized spacial score (nSPS) is 13.4. The fraction of sp³-hybridized carbons (Fsp3) is 1.00. The minimum absolute atomic E-state index is 0.363. The molecule has 1 atom stereocenters. The van der Waals surface area contributed by atoms with E-state index in [2.05, 4.69) is 28.1 Å². The van der Waals surface area contributed by atoms with Crippen molar-refractivity contribution in [1.29, 1.82) is 0 Å². The molecule has 0 aliphatic heterocycles. The van der Waals surface area contributed by atoms with Crippen molar-refractivity contribution >= 4 is 0 Å². The van der Waals surface area contributed by atoms with E-state index in [1.807, 2.05) is 0 Å². The van der Waals surface area contributed by atoms with Gasteiger partial charge in [0.1, 0.15) is 0 Å². The van der Waals surface area contributed by atoms with Gasteiger partial charge >= 0.3 is 0 Å². The van der Waals surface area contributed by atoms with Crippen LogP contribution in [0.1, 0.15) is 103 Å². The minimum atomic E-state index is 0.363. The number of rotatable bonds is 17. The monoisotopic (exact) mass is 328 g/mol. The Hall–Kier alpha value is -0.0800. The Balaban J connectivity index is 3.70. The van der Waals surface area contributed by atoms with Crippen molar-refractivity contribution in [2.24, 2.45) is 0 Å². The molecule has 0 spiro atoms. The van der Waals surface area contributed by atoms with Gasteiger partial charge in [-0.2, -0.15) is 0 Å². The summed E-state index contributed by atoms with van der Waals surface area (Å²) in [5, 5.41) is 8.79. The Kier molecular flexibility index (Phi) is 15.4. The third kappa shape index (κ3) is 15.2. The summed E-state index contributed by atoms with van der Waals surface area (Å²) in [7, 11) is 7.10. The summed E-state index contributed by atoms with van der Waals surface area (Å²) >= 11 is 0. The highest BCUT2D eigenvalue weighted by molar-refractivity contribution is 4.60. The van der Waals surface area contributed by atoms with Gasteiger partial charge in [0.25, 0.3) is 0 Å².